The van der Waals surface area contributed by atoms with E-state index in [9.17, 15) is 0 Å². The predicted molar refractivity (Wildman–Crippen MR) is 53.3 cm³/mol. The second kappa shape index (κ2) is 5.98. The van der Waals surface area contributed by atoms with Crippen molar-refractivity contribution >= 4 is 12.4 Å². The van der Waals surface area contributed by atoms with Crippen LogP contribution >= 0.6 is 12.4 Å². The predicted octanol–water partition coefficient (Wildman–Crippen LogP) is 2.30. The maximum absolute atomic E-state index is 5.88. The third kappa shape index (κ3) is 3.20. The molecule has 12 heavy (non-hydrogen) atoms. The van der Waals surface area contributed by atoms with E-state index in [1.807, 2.05) is 12.1 Å². The Labute approximate surface area is 79.6 Å². The average Bonchev–Trinajstić information content (AvgIpc) is 2.07. The van der Waals surface area contributed by atoms with Gasteiger partial charge in [-0.1, -0.05) is 13.3 Å². The molecule has 1 aromatic heterocycles. The Morgan fingerprint density at radius 2 is 2.00 bits per heavy atom. The van der Waals surface area contributed by atoms with Gasteiger partial charge >= 0.3 is 0 Å². The summed E-state index contributed by atoms with van der Waals surface area (Å²) in [7, 11) is 0. The lowest BCUT2D eigenvalue weighted by molar-refractivity contribution is 0.637. The number of nitrogens with zero attached hydrogens (tertiary/aromatic N) is 1. The van der Waals surface area contributed by atoms with Crippen molar-refractivity contribution in [2.45, 2.75) is 25.8 Å². The van der Waals surface area contributed by atoms with Crippen LogP contribution in [-0.2, 0) is 0 Å². The molecule has 68 valence electrons. The molecule has 0 amide bonds. The summed E-state index contributed by atoms with van der Waals surface area (Å²) in [5.74, 6) is 0. The van der Waals surface area contributed by atoms with Crippen molar-refractivity contribution < 1.29 is 0 Å². The Hall–Kier alpha value is -0.600. The number of hydrogen-bond acceptors (Lipinski definition) is 2. The molecule has 0 aliphatic carbocycles. The summed E-state index contributed by atoms with van der Waals surface area (Å²) in [6.07, 6.45) is 5.74. The van der Waals surface area contributed by atoms with E-state index in [2.05, 4.69) is 11.9 Å². The molecule has 3 heteroatoms. The van der Waals surface area contributed by atoms with Gasteiger partial charge in [-0.25, -0.2) is 0 Å². The van der Waals surface area contributed by atoms with Crippen LogP contribution in [0.3, 0.4) is 0 Å². The van der Waals surface area contributed by atoms with E-state index < -0.39 is 0 Å². The highest BCUT2D eigenvalue weighted by Crippen LogP contribution is 2.13. The van der Waals surface area contributed by atoms with Crippen molar-refractivity contribution in [3.05, 3.63) is 30.1 Å². The minimum absolute atomic E-state index is 0. The molecule has 0 aromatic carbocycles. The van der Waals surface area contributed by atoms with Crippen LogP contribution in [0.1, 0.15) is 31.4 Å². The van der Waals surface area contributed by atoms with Crippen LogP contribution in [-0.4, -0.2) is 4.98 Å². The van der Waals surface area contributed by atoms with Crippen LogP contribution in [0.15, 0.2) is 24.5 Å². The number of nitrogens with two attached hydrogens (primary N) is 1. The molecule has 0 saturated carbocycles. The van der Waals surface area contributed by atoms with Crippen molar-refractivity contribution in [1.29, 1.82) is 0 Å². The monoisotopic (exact) mass is 186 g/mol. The first kappa shape index (κ1) is 11.4. The Kier molecular flexibility index (Phi) is 5.68. The number of aromatic nitrogens is 1. The zero-order valence-corrected chi connectivity index (χ0v) is 8.05. The number of rotatable bonds is 3. The van der Waals surface area contributed by atoms with Gasteiger partial charge in [-0.3, -0.25) is 4.98 Å². The summed E-state index contributed by atoms with van der Waals surface area (Å²) in [6, 6.07) is 4.13. The van der Waals surface area contributed by atoms with Crippen molar-refractivity contribution in [3.8, 4) is 0 Å². The van der Waals surface area contributed by atoms with Gasteiger partial charge in [0.2, 0.25) is 0 Å². The van der Waals surface area contributed by atoms with Crippen LogP contribution in [0, 0.1) is 0 Å². The van der Waals surface area contributed by atoms with Crippen LogP contribution in [0.5, 0.6) is 0 Å². The molecule has 0 aliphatic rings. The molecule has 2 N–H and O–H groups in total. The zero-order chi connectivity index (χ0) is 8.10. The minimum Gasteiger partial charge on any atom is -0.324 e. The topological polar surface area (TPSA) is 38.9 Å². The molecule has 0 spiro atoms. The standard InChI is InChI=1S/C9H14N2.ClH/c1-2-3-9(10)8-4-6-11-7-5-8;/h4-7,9H,2-3,10H2,1H3;1H/t9-;/m1./s1. The van der Waals surface area contributed by atoms with E-state index >= 15 is 0 Å². The van der Waals surface area contributed by atoms with Gasteiger partial charge in [0.1, 0.15) is 0 Å². The molecule has 0 radical (unpaired) electrons. The third-order valence-electron chi connectivity index (χ3n) is 1.73. The summed E-state index contributed by atoms with van der Waals surface area (Å²) in [6.45, 7) is 2.14. The maximum Gasteiger partial charge on any atom is 0.0295 e. The Bertz CT molecular complexity index is 201. The zero-order valence-electron chi connectivity index (χ0n) is 7.23. The van der Waals surface area contributed by atoms with E-state index in [1.165, 1.54) is 5.56 Å². The number of hydrogen-bond donors (Lipinski definition) is 1. The normalized spacial score (nSPS) is 11.8. The lowest BCUT2D eigenvalue weighted by Gasteiger charge is -2.08. The summed E-state index contributed by atoms with van der Waals surface area (Å²) >= 11 is 0. The fourth-order valence-corrected chi connectivity index (χ4v) is 1.09. The van der Waals surface area contributed by atoms with E-state index in [4.69, 9.17) is 5.73 Å². The van der Waals surface area contributed by atoms with E-state index in [0.29, 0.717) is 0 Å². The molecule has 1 aromatic rings. The van der Waals surface area contributed by atoms with Gasteiger partial charge in [0.25, 0.3) is 0 Å². The highest BCUT2D eigenvalue weighted by molar-refractivity contribution is 5.85. The SMILES string of the molecule is CCC[C@@H](N)c1ccncc1.Cl. The molecule has 1 rings (SSSR count). The van der Waals surface area contributed by atoms with Gasteiger partial charge in [0, 0.05) is 18.4 Å². The minimum atomic E-state index is 0. The van der Waals surface area contributed by atoms with Crippen molar-refractivity contribution in [1.82, 2.24) is 4.98 Å². The average molecular weight is 187 g/mol. The third-order valence-corrected chi connectivity index (χ3v) is 1.73. The summed E-state index contributed by atoms with van der Waals surface area (Å²) in [5.41, 5.74) is 7.06. The van der Waals surface area contributed by atoms with Crippen LogP contribution in [0.2, 0.25) is 0 Å². The first-order valence-corrected chi connectivity index (χ1v) is 4.00. The molecule has 1 atom stereocenters. The van der Waals surface area contributed by atoms with Gasteiger partial charge in [0.05, 0.1) is 0 Å². The van der Waals surface area contributed by atoms with E-state index in [1.54, 1.807) is 12.4 Å². The summed E-state index contributed by atoms with van der Waals surface area (Å²) in [4.78, 5) is 3.93. The van der Waals surface area contributed by atoms with Gasteiger partial charge in [-0.05, 0) is 24.1 Å². The quantitative estimate of drug-likeness (QED) is 0.787. The van der Waals surface area contributed by atoms with Gasteiger partial charge in [0.15, 0.2) is 0 Å². The van der Waals surface area contributed by atoms with Crippen LogP contribution in [0.25, 0.3) is 0 Å². The molecule has 0 unspecified atom stereocenters. The fraction of sp³-hybridized carbons (Fsp3) is 0.444. The molecular formula is C9H15ClN2. The highest BCUT2D eigenvalue weighted by atomic mass is 35.5. The first-order valence-electron chi connectivity index (χ1n) is 4.00. The van der Waals surface area contributed by atoms with Gasteiger partial charge in [-0.2, -0.15) is 0 Å². The van der Waals surface area contributed by atoms with Crippen LogP contribution < -0.4 is 5.73 Å². The fourth-order valence-electron chi connectivity index (χ4n) is 1.09. The lowest BCUT2D eigenvalue weighted by atomic mass is 10.1. The molecule has 0 aliphatic heterocycles. The Morgan fingerprint density at radius 3 is 2.50 bits per heavy atom. The van der Waals surface area contributed by atoms with Crippen molar-refractivity contribution in [2.24, 2.45) is 5.73 Å². The summed E-state index contributed by atoms with van der Waals surface area (Å²) in [5, 5.41) is 0. The Morgan fingerprint density at radius 1 is 1.42 bits per heavy atom. The second-order valence-electron chi connectivity index (χ2n) is 2.68. The first-order chi connectivity index (χ1) is 5.34. The smallest absolute Gasteiger partial charge is 0.0295 e. The molecule has 0 fully saturated rings. The van der Waals surface area contributed by atoms with E-state index in [0.717, 1.165) is 12.8 Å². The van der Waals surface area contributed by atoms with Crippen LogP contribution in [0.4, 0.5) is 0 Å². The molecule has 0 bridgehead atoms. The molecule has 1 heterocycles. The summed E-state index contributed by atoms with van der Waals surface area (Å²) < 4.78 is 0. The van der Waals surface area contributed by atoms with Gasteiger partial charge in [-0.15, -0.1) is 12.4 Å². The Balaban J connectivity index is 0.00000121. The largest absolute Gasteiger partial charge is 0.324 e. The molecule has 2 nitrogen and oxygen atoms in total. The lowest BCUT2D eigenvalue weighted by Crippen LogP contribution is -2.09. The maximum atomic E-state index is 5.88. The second-order valence-corrected chi connectivity index (χ2v) is 2.68. The van der Waals surface area contributed by atoms with Crippen molar-refractivity contribution in [2.75, 3.05) is 0 Å². The molecule has 0 saturated heterocycles. The van der Waals surface area contributed by atoms with Gasteiger partial charge < -0.3 is 5.73 Å². The van der Waals surface area contributed by atoms with E-state index in [-0.39, 0.29) is 18.4 Å². The number of pyridine rings is 1. The number of halogens is 1. The van der Waals surface area contributed by atoms with Crippen molar-refractivity contribution in [3.63, 3.8) is 0 Å². The molecular weight excluding hydrogens is 172 g/mol. The highest BCUT2D eigenvalue weighted by Gasteiger charge is 2.01.